The Kier molecular flexibility index (Phi) is 9.95. The second-order valence-electron chi connectivity index (χ2n) is 13.7. The summed E-state index contributed by atoms with van der Waals surface area (Å²) in [5, 5.41) is 2.41. The molecule has 1 unspecified atom stereocenters. The molecule has 2 nitrogen and oxygen atoms in total. The van der Waals surface area contributed by atoms with E-state index < -0.39 is 30.6 Å². The molecule has 0 aliphatic rings. The van der Waals surface area contributed by atoms with Crippen molar-refractivity contribution in [2.24, 2.45) is 0 Å². The molecule has 1 atom stereocenters. The maximum atomic E-state index is 16.3. The largest absolute Gasteiger partial charge is 0.296 e. The Morgan fingerprint density at radius 3 is 1.40 bits per heavy atom. The molecule has 0 saturated heterocycles. The summed E-state index contributed by atoms with van der Waals surface area (Å²) in [6.07, 6.45) is 0. The minimum absolute atomic E-state index is 0.118. The van der Waals surface area contributed by atoms with E-state index in [0.29, 0.717) is 65.9 Å². The molecule has 0 fully saturated rings. The van der Waals surface area contributed by atoms with Gasteiger partial charge in [-0.1, -0.05) is 78.9 Å². The molecule has 0 saturated carbocycles. The number of hydrogen-bond acceptors (Lipinski definition) is 1. The first-order chi connectivity index (χ1) is 25.5. The Morgan fingerprint density at radius 1 is 0.453 bits per heavy atom. The van der Waals surface area contributed by atoms with Crippen LogP contribution in [0.5, 0.6) is 0 Å². The standard InChI is InChI=1S/C46H38F4NOP/c1-29(2)51(30(3)4)53(52,38-10-6-5-7-11-38)42-13-9-8-12-40(42)46-39-27-26-37(50)28-41(39)43(31-14-20-34(47)21-15-31)44(32-16-22-35(48)23-17-32)45(46)33-18-24-36(49)25-19-33/h5-30H,1-4H3. The lowest BCUT2D eigenvalue weighted by atomic mass is 9.79. The van der Waals surface area contributed by atoms with Crippen LogP contribution in [0.15, 0.2) is 146 Å². The van der Waals surface area contributed by atoms with Gasteiger partial charge in [0.05, 0.1) is 0 Å². The van der Waals surface area contributed by atoms with Crippen LogP contribution < -0.4 is 10.6 Å². The normalized spacial score (nSPS) is 12.9. The predicted octanol–water partition coefficient (Wildman–Crippen LogP) is 12.4. The summed E-state index contributed by atoms with van der Waals surface area (Å²) in [6.45, 7) is 8.13. The van der Waals surface area contributed by atoms with Gasteiger partial charge in [0.2, 0.25) is 7.29 Å². The van der Waals surface area contributed by atoms with Gasteiger partial charge in [-0.25, -0.2) is 22.2 Å². The first-order valence-corrected chi connectivity index (χ1v) is 19.3. The van der Waals surface area contributed by atoms with Crippen molar-refractivity contribution in [2.45, 2.75) is 39.8 Å². The van der Waals surface area contributed by atoms with Gasteiger partial charge in [0.25, 0.3) is 0 Å². The zero-order chi connectivity index (χ0) is 37.4. The summed E-state index contributed by atoms with van der Waals surface area (Å²) in [5.74, 6) is -1.79. The van der Waals surface area contributed by atoms with Crippen LogP contribution in [0, 0.1) is 23.3 Å². The van der Waals surface area contributed by atoms with Crippen molar-refractivity contribution < 1.29 is 22.1 Å². The third kappa shape index (κ3) is 6.63. The molecule has 53 heavy (non-hydrogen) atoms. The average molecular weight is 728 g/mol. The Hall–Kier alpha value is -5.29. The van der Waals surface area contributed by atoms with Gasteiger partial charge in [0.1, 0.15) is 23.3 Å². The molecule has 0 heterocycles. The SMILES string of the molecule is CC(C)N(C(C)C)P(=O)(c1ccccc1)c1ccccc1-c1c(-c2ccc(F)cc2)c(-c2ccc(F)cc2)c(-c2ccc(F)cc2)c2cc(F)ccc12. The Labute approximate surface area is 307 Å². The molecule has 7 rings (SSSR count). The van der Waals surface area contributed by atoms with Crippen LogP contribution in [0.1, 0.15) is 27.7 Å². The summed E-state index contributed by atoms with van der Waals surface area (Å²) < 4.78 is 77.6. The number of benzene rings is 7. The highest BCUT2D eigenvalue weighted by Crippen LogP contribution is 2.56. The number of halogens is 4. The van der Waals surface area contributed by atoms with E-state index in [9.17, 15) is 13.2 Å². The van der Waals surface area contributed by atoms with E-state index in [4.69, 9.17) is 0 Å². The van der Waals surface area contributed by atoms with Gasteiger partial charge in [-0.05, 0) is 150 Å². The van der Waals surface area contributed by atoms with Crippen molar-refractivity contribution >= 4 is 28.7 Å². The van der Waals surface area contributed by atoms with E-state index in [-0.39, 0.29) is 12.1 Å². The van der Waals surface area contributed by atoms with Gasteiger partial charge in [-0.2, -0.15) is 0 Å². The maximum Gasteiger partial charge on any atom is 0.208 e. The molecular weight excluding hydrogens is 689 g/mol. The Morgan fingerprint density at radius 2 is 0.887 bits per heavy atom. The van der Waals surface area contributed by atoms with E-state index in [1.54, 1.807) is 42.5 Å². The third-order valence-corrected chi connectivity index (χ3v) is 13.3. The van der Waals surface area contributed by atoms with Crippen molar-refractivity contribution in [3.05, 3.63) is 169 Å². The van der Waals surface area contributed by atoms with Crippen molar-refractivity contribution in [1.29, 1.82) is 0 Å². The molecular formula is C46H38F4NOP. The quantitative estimate of drug-likeness (QED) is 0.109. The third-order valence-electron chi connectivity index (χ3n) is 9.66. The fourth-order valence-electron chi connectivity index (χ4n) is 7.69. The smallest absolute Gasteiger partial charge is 0.208 e. The van der Waals surface area contributed by atoms with Crippen LogP contribution in [0.2, 0.25) is 0 Å². The number of fused-ring (bicyclic) bond motifs is 1. The second-order valence-corrected chi connectivity index (χ2v) is 16.3. The molecule has 0 spiro atoms. The number of hydrogen-bond donors (Lipinski definition) is 0. The van der Waals surface area contributed by atoms with Crippen LogP contribution >= 0.6 is 7.29 Å². The average Bonchev–Trinajstić information content (AvgIpc) is 3.15. The summed E-state index contributed by atoms with van der Waals surface area (Å²) in [6, 6.07) is 39.4. The van der Waals surface area contributed by atoms with Gasteiger partial charge in [0, 0.05) is 22.7 Å². The van der Waals surface area contributed by atoms with Gasteiger partial charge in [-0.15, -0.1) is 0 Å². The Balaban J connectivity index is 1.74. The predicted molar refractivity (Wildman–Crippen MR) is 211 cm³/mol. The molecule has 0 amide bonds. The minimum atomic E-state index is -3.62. The van der Waals surface area contributed by atoms with Gasteiger partial charge in [0.15, 0.2) is 0 Å². The molecule has 0 aliphatic carbocycles. The highest BCUT2D eigenvalue weighted by atomic mass is 31.2. The monoisotopic (exact) mass is 727 g/mol. The first kappa shape index (κ1) is 36.1. The topological polar surface area (TPSA) is 20.3 Å². The molecule has 266 valence electrons. The van der Waals surface area contributed by atoms with E-state index in [1.807, 2.05) is 82.3 Å². The minimum Gasteiger partial charge on any atom is -0.296 e. The molecule has 0 aliphatic heterocycles. The number of rotatable bonds is 9. The van der Waals surface area contributed by atoms with Crippen LogP contribution in [-0.4, -0.2) is 16.8 Å². The fourth-order valence-corrected chi connectivity index (χ4v) is 11.2. The van der Waals surface area contributed by atoms with E-state index in [0.717, 1.165) is 0 Å². The zero-order valence-corrected chi connectivity index (χ0v) is 30.7. The van der Waals surface area contributed by atoms with Crippen LogP contribution in [-0.2, 0) is 4.57 Å². The summed E-state index contributed by atoms with van der Waals surface area (Å²) in [4.78, 5) is 0. The molecule has 0 radical (unpaired) electrons. The molecule has 0 bridgehead atoms. The van der Waals surface area contributed by atoms with E-state index in [2.05, 4.69) is 4.67 Å². The van der Waals surface area contributed by atoms with Crippen molar-refractivity contribution in [3.63, 3.8) is 0 Å². The van der Waals surface area contributed by atoms with Crippen LogP contribution in [0.4, 0.5) is 17.6 Å². The van der Waals surface area contributed by atoms with E-state index in [1.165, 1.54) is 48.5 Å². The molecule has 7 heteroatoms. The molecule has 7 aromatic carbocycles. The zero-order valence-electron chi connectivity index (χ0n) is 29.8. The van der Waals surface area contributed by atoms with Gasteiger partial charge >= 0.3 is 0 Å². The van der Waals surface area contributed by atoms with E-state index >= 15 is 8.96 Å². The highest BCUT2D eigenvalue weighted by molar-refractivity contribution is 7.76. The Bertz CT molecular complexity index is 2450. The lowest BCUT2D eigenvalue weighted by molar-refractivity contribution is 0.307. The molecule has 0 N–H and O–H groups in total. The lowest BCUT2D eigenvalue weighted by Crippen LogP contribution is -2.41. The first-order valence-electron chi connectivity index (χ1n) is 17.6. The molecule has 0 aromatic heterocycles. The lowest BCUT2D eigenvalue weighted by Gasteiger charge is -2.39. The van der Waals surface area contributed by atoms with Gasteiger partial charge in [-0.3, -0.25) is 4.57 Å². The highest BCUT2D eigenvalue weighted by Gasteiger charge is 2.40. The maximum absolute atomic E-state index is 16.3. The number of nitrogens with zero attached hydrogens (tertiary/aromatic N) is 1. The van der Waals surface area contributed by atoms with Crippen LogP contribution in [0.25, 0.3) is 55.3 Å². The van der Waals surface area contributed by atoms with Gasteiger partial charge < -0.3 is 0 Å². The second kappa shape index (κ2) is 14.6. The fraction of sp³-hybridized carbons (Fsp3) is 0.130. The molecule has 7 aromatic rings. The van der Waals surface area contributed by atoms with Crippen molar-refractivity contribution in [2.75, 3.05) is 0 Å². The summed E-state index contributed by atoms with van der Waals surface area (Å²) in [7, 11) is -3.62. The summed E-state index contributed by atoms with van der Waals surface area (Å²) in [5.41, 5.74) is 4.96. The van der Waals surface area contributed by atoms with Crippen molar-refractivity contribution in [1.82, 2.24) is 4.67 Å². The summed E-state index contributed by atoms with van der Waals surface area (Å²) >= 11 is 0. The van der Waals surface area contributed by atoms with Crippen LogP contribution in [0.3, 0.4) is 0 Å². The van der Waals surface area contributed by atoms with Crippen molar-refractivity contribution in [3.8, 4) is 44.5 Å².